The molecule has 1 aromatic rings. The van der Waals surface area contributed by atoms with Gasteiger partial charge >= 0.3 is 5.97 Å². The van der Waals surface area contributed by atoms with Crippen molar-refractivity contribution >= 4 is 11.7 Å². The second-order valence-electron chi connectivity index (χ2n) is 4.15. The number of nitrogens with zero attached hydrogens (tertiary/aromatic N) is 1. The van der Waals surface area contributed by atoms with Crippen LogP contribution in [-0.4, -0.2) is 25.2 Å². The number of nitrogens with one attached hydrogen (secondary N) is 1. The maximum absolute atomic E-state index is 11.4. The Morgan fingerprint density at radius 1 is 1.61 bits per heavy atom. The monoisotopic (exact) mass is 246 g/mol. The van der Waals surface area contributed by atoms with Crippen molar-refractivity contribution in [2.24, 2.45) is 0 Å². The molecule has 1 N–H and O–H groups in total. The number of rotatable bonds is 2. The topological polar surface area (TPSA) is 71.3 Å². The van der Waals surface area contributed by atoms with Gasteiger partial charge in [-0.1, -0.05) is 0 Å². The molecule has 1 aliphatic heterocycles. The quantitative estimate of drug-likeness (QED) is 0.807. The molecule has 0 aromatic heterocycles. The van der Waals surface area contributed by atoms with E-state index in [0.717, 1.165) is 5.69 Å². The number of nitriles is 1. The lowest BCUT2D eigenvalue weighted by atomic mass is 10.1. The smallest absolute Gasteiger partial charge is 0.337 e. The molecule has 0 radical (unpaired) electrons. The van der Waals surface area contributed by atoms with Crippen molar-refractivity contribution in [3.63, 3.8) is 0 Å². The van der Waals surface area contributed by atoms with Crippen molar-refractivity contribution in [1.82, 2.24) is 0 Å². The van der Waals surface area contributed by atoms with Gasteiger partial charge in [-0.05, 0) is 25.1 Å². The van der Waals surface area contributed by atoms with E-state index in [1.165, 1.54) is 7.11 Å². The third-order valence-electron chi connectivity index (χ3n) is 2.91. The lowest BCUT2D eigenvalue weighted by Gasteiger charge is -2.32. The fourth-order valence-corrected chi connectivity index (χ4v) is 1.90. The highest BCUT2D eigenvalue weighted by molar-refractivity contribution is 5.91. The molecule has 0 aliphatic carbocycles. The number of fused-ring (bicyclic) bond motifs is 1. The number of hydrogen-bond acceptors (Lipinski definition) is 5. The number of methoxy groups -OCH3 is 1. The zero-order valence-electron chi connectivity index (χ0n) is 10.3. The lowest BCUT2D eigenvalue weighted by molar-refractivity contribution is 0.0600. The van der Waals surface area contributed by atoms with Crippen molar-refractivity contribution in [1.29, 1.82) is 5.26 Å². The molecular formula is C13H14N2O3. The minimum atomic E-state index is -0.383. The van der Waals surface area contributed by atoms with Crippen LogP contribution in [0.25, 0.3) is 0 Å². The van der Waals surface area contributed by atoms with Crippen molar-refractivity contribution < 1.29 is 14.3 Å². The van der Waals surface area contributed by atoms with Crippen LogP contribution in [0.3, 0.4) is 0 Å². The minimum absolute atomic E-state index is 0.0186. The summed E-state index contributed by atoms with van der Waals surface area (Å²) in [6.07, 6.45) is 0.151. The highest BCUT2D eigenvalue weighted by Gasteiger charge is 2.26. The van der Waals surface area contributed by atoms with E-state index < -0.39 is 0 Å². The molecule has 2 atom stereocenters. The molecule has 2 unspecified atom stereocenters. The maximum Gasteiger partial charge on any atom is 0.337 e. The first-order valence-corrected chi connectivity index (χ1v) is 5.68. The van der Waals surface area contributed by atoms with E-state index in [0.29, 0.717) is 17.7 Å². The lowest BCUT2D eigenvalue weighted by Crippen LogP contribution is -2.39. The van der Waals surface area contributed by atoms with Crippen molar-refractivity contribution in [2.75, 3.05) is 12.4 Å². The first kappa shape index (κ1) is 12.2. The summed E-state index contributed by atoms with van der Waals surface area (Å²) >= 11 is 0. The van der Waals surface area contributed by atoms with E-state index in [1.54, 1.807) is 18.2 Å². The SMILES string of the molecule is COC(=O)c1ccc2c(c1)NC(C)C(CC#N)O2. The predicted molar refractivity (Wildman–Crippen MR) is 65.5 cm³/mol. The molecule has 0 saturated heterocycles. The highest BCUT2D eigenvalue weighted by atomic mass is 16.5. The fraction of sp³-hybridized carbons (Fsp3) is 0.385. The Labute approximate surface area is 105 Å². The summed E-state index contributed by atoms with van der Waals surface area (Å²) in [7, 11) is 1.34. The molecule has 0 saturated carbocycles. The van der Waals surface area contributed by atoms with Gasteiger partial charge in [-0.2, -0.15) is 5.26 Å². The molecule has 2 rings (SSSR count). The largest absolute Gasteiger partial charge is 0.485 e. The first-order chi connectivity index (χ1) is 8.65. The van der Waals surface area contributed by atoms with Crippen LogP contribution < -0.4 is 10.1 Å². The summed E-state index contributed by atoms with van der Waals surface area (Å²) in [4.78, 5) is 11.4. The van der Waals surface area contributed by atoms with Gasteiger partial charge in [-0.15, -0.1) is 0 Å². The standard InChI is InChI=1S/C13H14N2O3/c1-8-11(5-6-14)18-12-4-3-9(13(16)17-2)7-10(12)15-8/h3-4,7-8,11,15H,5H2,1-2H3. The van der Waals surface area contributed by atoms with Crippen molar-refractivity contribution in [3.8, 4) is 11.8 Å². The average molecular weight is 246 g/mol. The second kappa shape index (κ2) is 4.96. The molecule has 0 fully saturated rings. The molecular weight excluding hydrogens is 232 g/mol. The molecule has 1 heterocycles. The van der Waals surface area contributed by atoms with E-state index in [2.05, 4.69) is 16.1 Å². The van der Waals surface area contributed by atoms with Gasteiger partial charge in [0.25, 0.3) is 0 Å². The summed E-state index contributed by atoms with van der Waals surface area (Å²) in [5, 5.41) is 11.9. The van der Waals surface area contributed by atoms with E-state index in [9.17, 15) is 4.79 Å². The Morgan fingerprint density at radius 2 is 2.39 bits per heavy atom. The van der Waals surface area contributed by atoms with Crippen LogP contribution in [0.2, 0.25) is 0 Å². The summed E-state index contributed by atoms with van der Waals surface area (Å²) in [5.74, 6) is 0.271. The second-order valence-corrected chi connectivity index (χ2v) is 4.15. The van der Waals surface area contributed by atoms with Gasteiger partial charge in [0.15, 0.2) is 0 Å². The van der Waals surface area contributed by atoms with Gasteiger partial charge in [0.1, 0.15) is 11.9 Å². The average Bonchev–Trinajstić information content (AvgIpc) is 2.38. The van der Waals surface area contributed by atoms with Gasteiger partial charge in [0, 0.05) is 0 Å². The Kier molecular flexibility index (Phi) is 3.38. The number of hydrogen-bond donors (Lipinski definition) is 1. The fourth-order valence-electron chi connectivity index (χ4n) is 1.90. The third kappa shape index (κ3) is 2.23. The molecule has 18 heavy (non-hydrogen) atoms. The third-order valence-corrected chi connectivity index (χ3v) is 2.91. The zero-order valence-corrected chi connectivity index (χ0v) is 10.3. The number of anilines is 1. The molecule has 5 heteroatoms. The molecule has 94 valence electrons. The van der Waals surface area contributed by atoms with Crippen LogP contribution in [-0.2, 0) is 4.74 Å². The zero-order chi connectivity index (χ0) is 13.1. The Morgan fingerprint density at radius 3 is 3.06 bits per heavy atom. The molecule has 5 nitrogen and oxygen atoms in total. The summed E-state index contributed by atoms with van der Waals surface area (Å²) in [5.41, 5.74) is 1.22. The molecule has 0 spiro atoms. The number of carbonyl (C=O) groups is 1. The normalized spacial score (nSPS) is 20.9. The van der Waals surface area contributed by atoms with Crippen molar-refractivity contribution in [3.05, 3.63) is 23.8 Å². The number of carbonyl (C=O) groups excluding carboxylic acids is 1. The van der Waals surface area contributed by atoms with Gasteiger partial charge < -0.3 is 14.8 Å². The van der Waals surface area contributed by atoms with Crippen LogP contribution in [0.5, 0.6) is 5.75 Å². The highest BCUT2D eigenvalue weighted by Crippen LogP contribution is 2.33. The van der Waals surface area contributed by atoms with E-state index in [4.69, 9.17) is 10.00 Å². The molecule has 1 aromatic carbocycles. The molecule has 0 bridgehead atoms. The first-order valence-electron chi connectivity index (χ1n) is 5.68. The Hall–Kier alpha value is -2.22. The summed E-state index contributed by atoms with van der Waals surface area (Å²) in [6, 6.07) is 7.17. The van der Waals surface area contributed by atoms with E-state index >= 15 is 0 Å². The van der Waals surface area contributed by atoms with Gasteiger partial charge in [-0.25, -0.2) is 4.79 Å². The van der Waals surface area contributed by atoms with Crippen LogP contribution in [0.4, 0.5) is 5.69 Å². The van der Waals surface area contributed by atoms with Crippen LogP contribution in [0.15, 0.2) is 18.2 Å². The molecule has 1 aliphatic rings. The molecule has 0 amide bonds. The summed E-state index contributed by atoms with van der Waals surface area (Å²) in [6.45, 7) is 1.94. The van der Waals surface area contributed by atoms with Crippen LogP contribution in [0, 0.1) is 11.3 Å². The van der Waals surface area contributed by atoms with Crippen LogP contribution >= 0.6 is 0 Å². The summed E-state index contributed by atoms with van der Waals surface area (Å²) < 4.78 is 10.4. The van der Waals surface area contributed by atoms with E-state index in [-0.39, 0.29) is 18.1 Å². The Balaban J connectivity index is 2.26. The number of esters is 1. The van der Waals surface area contributed by atoms with Gasteiger partial charge in [0.05, 0.1) is 36.9 Å². The predicted octanol–water partition coefficient (Wildman–Crippen LogP) is 1.95. The van der Waals surface area contributed by atoms with Gasteiger partial charge in [0.2, 0.25) is 0 Å². The Bertz CT molecular complexity index is 507. The van der Waals surface area contributed by atoms with E-state index in [1.807, 2.05) is 6.92 Å². The minimum Gasteiger partial charge on any atom is -0.485 e. The number of ether oxygens (including phenoxy) is 2. The number of benzene rings is 1. The maximum atomic E-state index is 11.4. The van der Waals surface area contributed by atoms with Crippen molar-refractivity contribution in [2.45, 2.75) is 25.5 Å². The van der Waals surface area contributed by atoms with Gasteiger partial charge in [-0.3, -0.25) is 0 Å². The van der Waals surface area contributed by atoms with Crippen LogP contribution in [0.1, 0.15) is 23.7 Å².